The molecule has 4 nitrogen and oxygen atoms in total. The van der Waals surface area contributed by atoms with E-state index in [2.05, 4.69) is 5.32 Å². The van der Waals surface area contributed by atoms with Gasteiger partial charge in [0, 0.05) is 30.6 Å². The molecule has 1 N–H and O–H groups in total. The molecule has 0 heterocycles. The molecule has 0 spiro atoms. The van der Waals surface area contributed by atoms with Crippen molar-refractivity contribution in [2.45, 2.75) is 27.2 Å². The van der Waals surface area contributed by atoms with E-state index >= 15 is 0 Å². The Kier molecular flexibility index (Phi) is 6.45. The summed E-state index contributed by atoms with van der Waals surface area (Å²) in [5, 5.41) is 3.63. The van der Waals surface area contributed by atoms with Crippen LogP contribution in [0.2, 0.25) is 10.0 Å². The van der Waals surface area contributed by atoms with E-state index in [0.29, 0.717) is 15.7 Å². The fraction of sp³-hybridized carbons (Fsp3) is 0.263. The number of carbonyl (C=O) groups excluding carboxylic acids is 2. The third-order valence-corrected chi connectivity index (χ3v) is 4.58. The van der Waals surface area contributed by atoms with Crippen molar-refractivity contribution in [3.63, 3.8) is 0 Å². The molecule has 0 bridgehead atoms. The smallest absolute Gasteiger partial charge is 0.226 e. The summed E-state index contributed by atoms with van der Waals surface area (Å²) in [7, 11) is 0. The zero-order valence-electron chi connectivity index (χ0n) is 14.4. The minimum absolute atomic E-state index is 0.109. The highest BCUT2D eigenvalue weighted by Crippen LogP contribution is 2.26. The van der Waals surface area contributed by atoms with Gasteiger partial charge in [0.1, 0.15) is 0 Å². The molecule has 0 atom stereocenters. The summed E-state index contributed by atoms with van der Waals surface area (Å²) in [6.07, 6.45) is 0.149. The Labute approximate surface area is 157 Å². The standard InChI is InChI=1S/C19H20Cl2N2O2/c1-12-5-4-6-18(13(12)2)23(14(3)24)10-9-19(25)22-17-11-15(20)7-8-16(17)21/h4-8,11H,9-10H2,1-3H3,(H,22,25). The number of anilines is 2. The summed E-state index contributed by atoms with van der Waals surface area (Å²) >= 11 is 12.0. The second-order valence-electron chi connectivity index (χ2n) is 5.81. The fourth-order valence-electron chi connectivity index (χ4n) is 2.49. The van der Waals surface area contributed by atoms with Crippen LogP contribution in [0.4, 0.5) is 11.4 Å². The zero-order chi connectivity index (χ0) is 18.6. The first kappa shape index (κ1) is 19.3. The Morgan fingerprint density at radius 1 is 1.12 bits per heavy atom. The van der Waals surface area contributed by atoms with Crippen molar-refractivity contribution in [2.24, 2.45) is 0 Å². The molecule has 2 amide bonds. The topological polar surface area (TPSA) is 49.4 Å². The Hall–Kier alpha value is -2.04. The fourth-order valence-corrected chi connectivity index (χ4v) is 2.83. The number of benzene rings is 2. The minimum Gasteiger partial charge on any atom is -0.325 e. The highest BCUT2D eigenvalue weighted by Gasteiger charge is 2.16. The average Bonchev–Trinajstić information content (AvgIpc) is 2.54. The van der Waals surface area contributed by atoms with Gasteiger partial charge in [-0.1, -0.05) is 35.3 Å². The highest BCUT2D eigenvalue weighted by molar-refractivity contribution is 6.35. The van der Waals surface area contributed by atoms with E-state index < -0.39 is 0 Å². The molecule has 0 aromatic heterocycles. The molecule has 2 rings (SSSR count). The lowest BCUT2D eigenvalue weighted by Crippen LogP contribution is -2.32. The van der Waals surface area contributed by atoms with Crippen LogP contribution in [0.25, 0.3) is 0 Å². The van der Waals surface area contributed by atoms with Gasteiger partial charge in [-0.2, -0.15) is 0 Å². The Balaban J connectivity index is 2.08. The first-order chi connectivity index (χ1) is 11.8. The van der Waals surface area contributed by atoms with Crippen LogP contribution in [-0.2, 0) is 9.59 Å². The van der Waals surface area contributed by atoms with Gasteiger partial charge >= 0.3 is 0 Å². The van der Waals surface area contributed by atoms with E-state index in [1.807, 2.05) is 32.0 Å². The van der Waals surface area contributed by atoms with Crippen LogP contribution in [0.1, 0.15) is 24.5 Å². The highest BCUT2D eigenvalue weighted by atomic mass is 35.5. The molecule has 0 fully saturated rings. The number of hydrogen-bond donors (Lipinski definition) is 1. The maximum atomic E-state index is 12.2. The van der Waals surface area contributed by atoms with Gasteiger partial charge in [0.15, 0.2) is 0 Å². The van der Waals surface area contributed by atoms with Gasteiger partial charge in [0.2, 0.25) is 11.8 Å². The Bertz CT molecular complexity index is 806. The van der Waals surface area contributed by atoms with Crippen LogP contribution < -0.4 is 10.2 Å². The summed E-state index contributed by atoms with van der Waals surface area (Å²) in [5.74, 6) is -0.344. The van der Waals surface area contributed by atoms with E-state index in [-0.39, 0.29) is 24.8 Å². The molecule has 25 heavy (non-hydrogen) atoms. The number of hydrogen-bond acceptors (Lipinski definition) is 2. The molecule has 0 aliphatic heterocycles. The number of carbonyl (C=O) groups is 2. The maximum Gasteiger partial charge on any atom is 0.226 e. The van der Waals surface area contributed by atoms with Crippen LogP contribution in [0.5, 0.6) is 0 Å². The van der Waals surface area contributed by atoms with Gasteiger partial charge < -0.3 is 10.2 Å². The predicted octanol–water partition coefficient (Wildman–Crippen LogP) is 4.99. The molecule has 0 aliphatic rings. The lowest BCUT2D eigenvalue weighted by atomic mass is 10.1. The average molecular weight is 379 g/mol. The largest absolute Gasteiger partial charge is 0.325 e. The molecule has 2 aromatic carbocycles. The van der Waals surface area contributed by atoms with Crippen molar-refractivity contribution in [1.82, 2.24) is 0 Å². The number of amides is 2. The van der Waals surface area contributed by atoms with Gasteiger partial charge in [0.05, 0.1) is 10.7 Å². The predicted molar refractivity (Wildman–Crippen MR) is 104 cm³/mol. The van der Waals surface area contributed by atoms with E-state index in [9.17, 15) is 9.59 Å². The molecule has 0 saturated carbocycles. The number of halogens is 2. The van der Waals surface area contributed by atoms with Gasteiger partial charge in [-0.05, 0) is 49.2 Å². The molecular formula is C19H20Cl2N2O2. The zero-order valence-corrected chi connectivity index (χ0v) is 15.9. The van der Waals surface area contributed by atoms with E-state index in [1.165, 1.54) is 6.92 Å². The first-order valence-corrected chi connectivity index (χ1v) is 8.64. The van der Waals surface area contributed by atoms with E-state index in [1.54, 1.807) is 23.1 Å². The molecule has 0 saturated heterocycles. The Morgan fingerprint density at radius 2 is 1.84 bits per heavy atom. The molecule has 0 unspecified atom stereocenters. The van der Waals surface area contributed by atoms with Crippen molar-refractivity contribution in [3.8, 4) is 0 Å². The lowest BCUT2D eigenvalue weighted by molar-refractivity contribution is -0.117. The maximum absolute atomic E-state index is 12.2. The van der Waals surface area contributed by atoms with Gasteiger partial charge in [-0.3, -0.25) is 9.59 Å². The summed E-state index contributed by atoms with van der Waals surface area (Å²) in [6, 6.07) is 10.6. The van der Waals surface area contributed by atoms with Crippen molar-refractivity contribution in [3.05, 3.63) is 57.6 Å². The summed E-state index contributed by atoms with van der Waals surface area (Å²) in [4.78, 5) is 25.9. The molecule has 2 aromatic rings. The SMILES string of the molecule is CC(=O)N(CCC(=O)Nc1cc(Cl)ccc1Cl)c1cccc(C)c1C. The summed E-state index contributed by atoms with van der Waals surface area (Å²) < 4.78 is 0. The van der Waals surface area contributed by atoms with Crippen molar-refractivity contribution < 1.29 is 9.59 Å². The van der Waals surface area contributed by atoms with E-state index in [4.69, 9.17) is 23.2 Å². The quantitative estimate of drug-likeness (QED) is 0.796. The minimum atomic E-state index is -0.235. The third kappa shape index (κ3) is 4.97. The van der Waals surface area contributed by atoms with E-state index in [0.717, 1.165) is 16.8 Å². The van der Waals surface area contributed by atoms with Crippen LogP contribution >= 0.6 is 23.2 Å². The van der Waals surface area contributed by atoms with Gasteiger partial charge in [0.25, 0.3) is 0 Å². The first-order valence-electron chi connectivity index (χ1n) is 7.89. The van der Waals surface area contributed by atoms with Crippen molar-refractivity contribution >= 4 is 46.4 Å². The summed E-state index contributed by atoms with van der Waals surface area (Å²) in [6.45, 7) is 5.73. The molecule has 0 radical (unpaired) electrons. The Morgan fingerprint density at radius 3 is 2.52 bits per heavy atom. The molecule has 6 heteroatoms. The van der Waals surface area contributed by atoms with Crippen LogP contribution in [0, 0.1) is 13.8 Å². The third-order valence-electron chi connectivity index (χ3n) is 4.01. The molecular weight excluding hydrogens is 359 g/mol. The molecule has 0 aliphatic carbocycles. The van der Waals surface area contributed by atoms with Crippen LogP contribution in [0.3, 0.4) is 0 Å². The number of nitrogens with one attached hydrogen (secondary N) is 1. The number of rotatable bonds is 5. The van der Waals surface area contributed by atoms with Gasteiger partial charge in [-0.15, -0.1) is 0 Å². The summed E-state index contributed by atoms with van der Waals surface area (Å²) in [5.41, 5.74) is 3.40. The van der Waals surface area contributed by atoms with Crippen molar-refractivity contribution in [2.75, 3.05) is 16.8 Å². The van der Waals surface area contributed by atoms with Crippen molar-refractivity contribution in [1.29, 1.82) is 0 Å². The molecule has 132 valence electrons. The van der Waals surface area contributed by atoms with Gasteiger partial charge in [-0.25, -0.2) is 0 Å². The van der Waals surface area contributed by atoms with Crippen LogP contribution in [0.15, 0.2) is 36.4 Å². The van der Waals surface area contributed by atoms with Crippen LogP contribution in [-0.4, -0.2) is 18.4 Å². The number of aryl methyl sites for hydroxylation is 1. The second-order valence-corrected chi connectivity index (χ2v) is 6.66. The normalized spacial score (nSPS) is 10.4. The lowest BCUT2D eigenvalue weighted by Gasteiger charge is -2.23. The second kappa shape index (κ2) is 8.37. The number of nitrogens with zero attached hydrogens (tertiary/aromatic N) is 1. The monoisotopic (exact) mass is 378 g/mol.